The van der Waals surface area contributed by atoms with Crippen LogP contribution in [-0.4, -0.2) is 36.5 Å². The summed E-state index contributed by atoms with van der Waals surface area (Å²) in [5, 5.41) is 3.31. The number of nitrogens with zero attached hydrogens (tertiary/aromatic N) is 1. The third-order valence-corrected chi connectivity index (χ3v) is 3.82. The monoisotopic (exact) mass is 224 g/mol. The molecule has 0 radical (unpaired) electrons. The highest BCUT2D eigenvalue weighted by atomic mass is 16.2. The number of nitrogens with one attached hydrogen (secondary N) is 1. The predicted molar refractivity (Wildman–Crippen MR) is 65.2 cm³/mol. The number of hydrogen-bond donors (Lipinski definition) is 1. The summed E-state index contributed by atoms with van der Waals surface area (Å²) >= 11 is 0. The molecular weight excluding hydrogens is 200 g/mol. The highest BCUT2D eigenvalue weighted by Crippen LogP contribution is 2.36. The maximum absolute atomic E-state index is 11.9. The Balaban J connectivity index is 1.62. The molecule has 0 spiro atoms. The normalized spacial score (nSPS) is 21.9. The smallest absolute Gasteiger partial charge is 0.236 e. The van der Waals surface area contributed by atoms with Crippen LogP contribution in [0.3, 0.4) is 0 Å². The van der Waals surface area contributed by atoms with Gasteiger partial charge >= 0.3 is 0 Å². The lowest BCUT2D eigenvalue weighted by Gasteiger charge is -2.21. The van der Waals surface area contributed by atoms with E-state index < -0.39 is 0 Å². The van der Waals surface area contributed by atoms with Crippen molar-refractivity contribution in [3.63, 3.8) is 0 Å². The molecule has 2 aliphatic carbocycles. The lowest BCUT2D eigenvalue weighted by Crippen LogP contribution is -2.40. The summed E-state index contributed by atoms with van der Waals surface area (Å²) in [5.74, 6) is 1.95. The molecule has 92 valence electrons. The van der Waals surface area contributed by atoms with Gasteiger partial charge in [-0.1, -0.05) is 6.92 Å². The van der Waals surface area contributed by atoms with E-state index in [4.69, 9.17) is 0 Å². The first-order valence-electron chi connectivity index (χ1n) is 6.72. The van der Waals surface area contributed by atoms with E-state index in [1.165, 1.54) is 25.7 Å². The second-order valence-corrected chi connectivity index (χ2v) is 5.36. The summed E-state index contributed by atoms with van der Waals surface area (Å²) in [6.45, 7) is 6.75. The second kappa shape index (κ2) is 5.17. The minimum Gasteiger partial charge on any atom is -0.339 e. The molecule has 1 unspecified atom stereocenters. The van der Waals surface area contributed by atoms with Crippen LogP contribution in [0.5, 0.6) is 0 Å². The number of likely N-dealkylation sites (N-methyl/N-ethyl adjacent to an activating group) is 1. The van der Waals surface area contributed by atoms with E-state index in [0.717, 1.165) is 24.9 Å². The average molecular weight is 224 g/mol. The summed E-state index contributed by atoms with van der Waals surface area (Å²) in [5.41, 5.74) is 0. The molecule has 0 saturated heterocycles. The summed E-state index contributed by atoms with van der Waals surface area (Å²) in [6.07, 6.45) is 5.19. The quantitative estimate of drug-likeness (QED) is 0.713. The molecule has 2 fully saturated rings. The van der Waals surface area contributed by atoms with Gasteiger partial charge in [0.1, 0.15) is 0 Å². The Morgan fingerprint density at radius 3 is 2.56 bits per heavy atom. The summed E-state index contributed by atoms with van der Waals surface area (Å²) in [4.78, 5) is 13.9. The molecule has 2 saturated carbocycles. The van der Waals surface area contributed by atoms with E-state index in [9.17, 15) is 4.79 Å². The van der Waals surface area contributed by atoms with Crippen LogP contribution in [0, 0.1) is 11.8 Å². The second-order valence-electron chi connectivity index (χ2n) is 5.36. The van der Waals surface area contributed by atoms with Crippen LogP contribution in [0.2, 0.25) is 0 Å². The Hall–Kier alpha value is -0.570. The molecule has 16 heavy (non-hydrogen) atoms. The zero-order chi connectivity index (χ0) is 11.5. The maximum Gasteiger partial charge on any atom is 0.236 e. The van der Waals surface area contributed by atoms with Gasteiger partial charge in [0.15, 0.2) is 0 Å². The molecule has 1 atom stereocenters. The van der Waals surface area contributed by atoms with Crippen molar-refractivity contribution in [3.8, 4) is 0 Å². The van der Waals surface area contributed by atoms with Gasteiger partial charge in [-0.15, -0.1) is 0 Å². The van der Waals surface area contributed by atoms with Crippen LogP contribution in [-0.2, 0) is 4.79 Å². The number of carbonyl (C=O) groups excluding carboxylic acids is 1. The van der Waals surface area contributed by atoms with Crippen LogP contribution in [0.25, 0.3) is 0 Å². The predicted octanol–water partition coefficient (Wildman–Crippen LogP) is 1.63. The first kappa shape index (κ1) is 11.9. The number of carbonyl (C=O) groups is 1. The molecule has 0 heterocycles. The largest absolute Gasteiger partial charge is 0.339 e. The van der Waals surface area contributed by atoms with Crippen molar-refractivity contribution in [2.45, 2.75) is 45.6 Å². The van der Waals surface area contributed by atoms with Gasteiger partial charge in [0.25, 0.3) is 0 Å². The molecule has 0 aliphatic heterocycles. The van der Waals surface area contributed by atoms with Gasteiger partial charge < -0.3 is 10.2 Å². The van der Waals surface area contributed by atoms with Crippen LogP contribution in [0.4, 0.5) is 0 Å². The van der Waals surface area contributed by atoms with Gasteiger partial charge in [-0.05, 0) is 51.0 Å². The molecule has 3 nitrogen and oxygen atoms in total. The summed E-state index contributed by atoms with van der Waals surface area (Å²) in [7, 11) is 0. The van der Waals surface area contributed by atoms with Gasteiger partial charge in [-0.2, -0.15) is 0 Å². The highest BCUT2D eigenvalue weighted by molar-refractivity contribution is 5.78. The van der Waals surface area contributed by atoms with Crippen molar-refractivity contribution in [2.75, 3.05) is 19.6 Å². The Kier molecular flexibility index (Phi) is 3.85. The van der Waals surface area contributed by atoms with E-state index in [1.54, 1.807) is 0 Å². The van der Waals surface area contributed by atoms with Crippen molar-refractivity contribution in [1.29, 1.82) is 0 Å². The van der Waals surface area contributed by atoms with Gasteiger partial charge in [-0.25, -0.2) is 0 Å². The fourth-order valence-electron chi connectivity index (χ4n) is 2.36. The minimum atomic E-state index is 0.285. The molecule has 3 heteroatoms. The van der Waals surface area contributed by atoms with Gasteiger partial charge in [0.2, 0.25) is 5.91 Å². The molecule has 0 aromatic carbocycles. The highest BCUT2D eigenvalue weighted by Gasteiger charge is 2.31. The molecule has 2 aliphatic rings. The number of rotatable bonds is 7. The first-order valence-corrected chi connectivity index (χ1v) is 6.72. The summed E-state index contributed by atoms with van der Waals surface area (Å²) in [6, 6.07) is 0.556. The minimum absolute atomic E-state index is 0.285. The molecular formula is C13H24N2O. The zero-order valence-electron chi connectivity index (χ0n) is 10.5. The molecule has 0 aromatic heterocycles. The van der Waals surface area contributed by atoms with Crippen LogP contribution in [0.1, 0.15) is 39.5 Å². The van der Waals surface area contributed by atoms with Crippen molar-refractivity contribution in [3.05, 3.63) is 0 Å². The molecule has 0 bridgehead atoms. The standard InChI is InChI=1S/C13H24N2O/c1-3-15(12-6-7-12)13(16)9-14-8-10(2)11-4-5-11/h10-12,14H,3-9H2,1-2H3. The third kappa shape index (κ3) is 3.21. The topological polar surface area (TPSA) is 32.3 Å². The molecule has 1 N–H and O–H groups in total. The van der Waals surface area contributed by atoms with Crippen LogP contribution in [0.15, 0.2) is 0 Å². The van der Waals surface area contributed by atoms with Gasteiger partial charge in [0.05, 0.1) is 6.54 Å². The van der Waals surface area contributed by atoms with E-state index in [2.05, 4.69) is 19.2 Å². The Morgan fingerprint density at radius 2 is 2.06 bits per heavy atom. The molecule has 1 amide bonds. The van der Waals surface area contributed by atoms with Crippen molar-refractivity contribution >= 4 is 5.91 Å². The van der Waals surface area contributed by atoms with Gasteiger partial charge in [-0.3, -0.25) is 4.79 Å². The molecule has 0 aromatic rings. The maximum atomic E-state index is 11.9. The van der Waals surface area contributed by atoms with E-state index in [1.807, 2.05) is 4.90 Å². The fraction of sp³-hybridized carbons (Fsp3) is 0.923. The third-order valence-electron chi connectivity index (χ3n) is 3.82. The van der Waals surface area contributed by atoms with Crippen molar-refractivity contribution < 1.29 is 4.79 Å². The SMILES string of the molecule is CCN(C(=O)CNCC(C)C1CC1)C1CC1. The van der Waals surface area contributed by atoms with E-state index in [-0.39, 0.29) is 5.91 Å². The van der Waals surface area contributed by atoms with Gasteiger partial charge in [0, 0.05) is 12.6 Å². The summed E-state index contributed by atoms with van der Waals surface area (Å²) < 4.78 is 0. The zero-order valence-corrected chi connectivity index (χ0v) is 10.5. The average Bonchev–Trinajstić information content (AvgIpc) is 3.12. The number of amides is 1. The van der Waals surface area contributed by atoms with E-state index >= 15 is 0 Å². The Labute approximate surface area is 98.6 Å². The fourth-order valence-corrected chi connectivity index (χ4v) is 2.36. The van der Waals surface area contributed by atoms with E-state index in [0.29, 0.717) is 12.6 Å². The lowest BCUT2D eigenvalue weighted by atomic mass is 10.1. The molecule has 2 rings (SSSR count). The van der Waals surface area contributed by atoms with Crippen LogP contribution >= 0.6 is 0 Å². The number of hydrogen-bond acceptors (Lipinski definition) is 2. The van der Waals surface area contributed by atoms with Crippen LogP contribution < -0.4 is 5.32 Å². The first-order chi connectivity index (χ1) is 7.72. The Bertz CT molecular complexity index is 246. The van der Waals surface area contributed by atoms with Crippen molar-refractivity contribution in [1.82, 2.24) is 10.2 Å². The Morgan fingerprint density at radius 1 is 1.38 bits per heavy atom. The van der Waals surface area contributed by atoms with Crippen molar-refractivity contribution in [2.24, 2.45) is 11.8 Å². The lowest BCUT2D eigenvalue weighted by molar-refractivity contribution is -0.130.